The number of rotatable bonds is 8. The van der Waals surface area contributed by atoms with Crippen LogP contribution in [0, 0.1) is 0 Å². The maximum Gasteiger partial charge on any atom is 0.251 e. The smallest absolute Gasteiger partial charge is 0.251 e. The second-order valence-corrected chi connectivity index (χ2v) is 5.91. The van der Waals surface area contributed by atoms with Crippen molar-refractivity contribution in [1.82, 2.24) is 16.0 Å². The summed E-state index contributed by atoms with van der Waals surface area (Å²) in [6.07, 6.45) is 0.918. The van der Waals surface area contributed by atoms with Crippen LogP contribution in [-0.4, -0.2) is 44.7 Å². The monoisotopic (exact) mass is 334 g/mol. The molecule has 0 spiro atoms. The minimum absolute atomic E-state index is 0.0327. The lowest BCUT2D eigenvalue weighted by Gasteiger charge is -2.17. The minimum Gasteiger partial charge on any atom is -0.383 e. The van der Waals surface area contributed by atoms with E-state index in [9.17, 15) is 4.79 Å². The highest BCUT2D eigenvalue weighted by Gasteiger charge is 2.08. The molecule has 6 heteroatoms. The summed E-state index contributed by atoms with van der Waals surface area (Å²) in [5.41, 5.74) is 1.76. The van der Waals surface area contributed by atoms with Gasteiger partial charge < -0.3 is 20.7 Å². The summed E-state index contributed by atoms with van der Waals surface area (Å²) >= 11 is 0. The van der Waals surface area contributed by atoms with Gasteiger partial charge in [0.2, 0.25) is 0 Å². The number of hydrogen-bond acceptors (Lipinski definition) is 3. The summed E-state index contributed by atoms with van der Waals surface area (Å²) < 4.78 is 5.10. The van der Waals surface area contributed by atoms with Crippen molar-refractivity contribution in [2.75, 3.05) is 20.8 Å². The van der Waals surface area contributed by atoms with Crippen LogP contribution < -0.4 is 16.0 Å². The highest BCUT2D eigenvalue weighted by atomic mass is 16.5. The minimum atomic E-state index is -0.0327. The molecule has 0 aromatic heterocycles. The molecule has 24 heavy (non-hydrogen) atoms. The fourth-order valence-corrected chi connectivity index (χ4v) is 2.09. The summed E-state index contributed by atoms with van der Waals surface area (Å²) in [5.74, 6) is 0.688. The fourth-order valence-electron chi connectivity index (χ4n) is 2.09. The van der Waals surface area contributed by atoms with Crippen molar-refractivity contribution >= 4 is 11.9 Å². The molecule has 0 radical (unpaired) electrons. The van der Waals surface area contributed by atoms with Crippen molar-refractivity contribution in [2.45, 2.75) is 45.8 Å². The zero-order valence-electron chi connectivity index (χ0n) is 15.3. The summed E-state index contributed by atoms with van der Waals surface area (Å²) in [4.78, 5) is 16.2. The van der Waals surface area contributed by atoms with Gasteiger partial charge >= 0.3 is 0 Å². The van der Waals surface area contributed by atoms with E-state index in [0.29, 0.717) is 18.7 Å². The van der Waals surface area contributed by atoms with Gasteiger partial charge in [0.15, 0.2) is 5.96 Å². The van der Waals surface area contributed by atoms with Crippen molar-refractivity contribution in [3.05, 3.63) is 35.4 Å². The number of nitrogens with zero attached hydrogens (tertiary/aromatic N) is 1. The van der Waals surface area contributed by atoms with E-state index in [1.54, 1.807) is 14.2 Å². The molecule has 0 bridgehead atoms. The molecule has 0 aliphatic heterocycles. The Morgan fingerprint density at radius 1 is 1.17 bits per heavy atom. The number of amides is 1. The molecule has 0 heterocycles. The van der Waals surface area contributed by atoms with E-state index in [4.69, 9.17) is 4.74 Å². The van der Waals surface area contributed by atoms with Gasteiger partial charge in [0.1, 0.15) is 0 Å². The molecule has 3 N–H and O–H groups in total. The molecule has 1 amide bonds. The van der Waals surface area contributed by atoms with E-state index in [1.807, 2.05) is 45.0 Å². The zero-order chi connectivity index (χ0) is 17.9. The maximum atomic E-state index is 12.1. The van der Waals surface area contributed by atoms with Crippen LogP contribution in [-0.2, 0) is 11.3 Å². The molecule has 0 aliphatic carbocycles. The number of benzene rings is 1. The van der Waals surface area contributed by atoms with Crippen molar-refractivity contribution in [2.24, 2.45) is 4.99 Å². The maximum absolute atomic E-state index is 12.1. The zero-order valence-corrected chi connectivity index (χ0v) is 15.3. The van der Waals surface area contributed by atoms with Crippen LogP contribution in [0.2, 0.25) is 0 Å². The van der Waals surface area contributed by atoms with Gasteiger partial charge in [0, 0.05) is 38.3 Å². The van der Waals surface area contributed by atoms with Crippen LogP contribution in [0.1, 0.15) is 43.1 Å². The summed E-state index contributed by atoms with van der Waals surface area (Å²) in [7, 11) is 3.41. The quantitative estimate of drug-likeness (QED) is 0.501. The third-order valence-electron chi connectivity index (χ3n) is 3.69. The molecule has 1 aromatic rings. The van der Waals surface area contributed by atoms with Gasteiger partial charge in [-0.1, -0.05) is 19.1 Å². The van der Waals surface area contributed by atoms with E-state index in [1.165, 1.54) is 0 Å². The number of guanidine groups is 1. The SMILES string of the molecule is CCC(C)NC(=O)c1ccc(CNC(=NC)NC(C)COC)cc1. The van der Waals surface area contributed by atoms with Gasteiger partial charge in [0.05, 0.1) is 6.61 Å². The van der Waals surface area contributed by atoms with Crippen LogP contribution in [0.15, 0.2) is 29.3 Å². The van der Waals surface area contributed by atoms with E-state index >= 15 is 0 Å². The van der Waals surface area contributed by atoms with Crippen LogP contribution in [0.5, 0.6) is 0 Å². The van der Waals surface area contributed by atoms with Crippen LogP contribution >= 0.6 is 0 Å². The first kappa shape index (κ1) is 20.0. The Bertz CT molecular complexity index is 528. The normalized spacial score (nSPS) is 14.0. The molecule has 1 rings (SSSR count). The number of carbonyl (C=O) groups excluding carboxylic acids is 1. The van der Waals surface area contributed by atoms with Gasteiger partial charge in [-0.15, -0.1) is 0 Å². The lowest BCUT2D eigenvalue weighted by molar-refractivity contribution is 0.0939. The molecular weight excluding hydrogens is 304 g/mol. The topological polar surface area (TPSA) is 74.8 Å². The Morgan fingerprint density at radius 3 is 2.38 bits per heavy atom. The summed E-state index contributed by atoms with van der Waals surface area (Å²) in [6.45, 7) is 7.32. The van der Waals surface area contributed by atoms with E-state index < -0.39 is 0 Å². The van der Waals surface area contributed by atoms with Crippen molar-refractivity contribution in [3.63, 3.8) is 0 Å². The third kappa shape index (κ3) is 7.00. The Morgan fingerprint density at radius 2 is 1.83 bits per heavy atom. The van der Waals surface area contributed by atoms with Gasteiger partial charge in [-0.25, -0.2) is 0 Å². The third-order valence-corrected chi connectivity index (χ3v) is 3.69. The number of hydrogen-bond donors (Lipinski definition) is 3. The molecule has 134 valence electrons. The number of aliphatic imine (C=N–C) groups is 1. The molecule has 1 aromatic carbocycles. The first-order valence-electron chi connectivity index (χ1n) is 8.36. The van der Waals surface area contributed by atoms with Gasteiger partial charge in [-0.3, -0.25) is 9.79 Å². The number of carbonyl (C=O) groups is 1. The highest BCUT2D eigenvalue weighted by Crippen LogP contribution is 2.05. The Balaban J connectivity index is 2.53. The molecule has 0 fully saturated rings. The Hall–Kier alpha value is -2.08. The molecule has 2 unspecified atom stereocenters. The van der Waals surface area contributed by atoms with Crippen molar-refractivity contribution in [1.29, 1.82) is 0 Å². The van der Waals surface area contributed by atoms with Gasteiger partial charge in [-0.05, 0) is 38.0 Å². The van der Waals surface area contributed by atoms with Crippen LogP contribution in [0.25, 0.3) is 0 Å². The van der Waals surface area contributed by atoms with Crippen LogP contribution in [0.4, 0.5) is 0 Å². The molecule has 6 nitrogen and oxygen atoms in total. The Labute approximate surface area is 145 Å². The molecule has 0 aliphatic rings. The molecular formula is C18H30N4O2. The number of ether oxygens (including phenoxy) is 1. The van der Waals surface area contributed by atoms with Gasteiger partial charge in [0.25, 0.3) is 5.91 Å². The largest absolute Gasteiger partial charge is 0.383 e. The molecule has 0 saturated heterocycles. The Kier molecular flexibility index (Phi) is 8.86. The first-order valence-corrected chi connectivity index (χ1v) is 8.36. The summed E-state index contributed by atoms with van der Waals surface area (Å²) in [6, 6.07) is 7.95. The predicted molar refractivity (Wildman–Crippen MR) is 98.3 cm³/mol. The predicted octanol–water partition coefficient (Wildman–Crippen LogP) is 1.91. The standard InChI is InChI=1S/C18H30N4O2/c1-6-13(2)21-17(23)16-9-7-15(8-10-16)11-20-18(19-4)22-14(3)12-24-5/h7-10,13-14H,6,11-12H2,1-5H3,(H,21,23)(H2,19,20,22). The lowest BCUT2D eigenvalue weighted by Crippen LogP contribution is -2.43. The van der Waals surface area contributed by atoms with Crippen LogP contribution in [0.3, 0.4) is 0 Å². The number of nitrogens with one attached hydrogen (secondary N) is 3. The van der Waals surface area contributed by atoms with Gasteiger partial charge in [-0.2, -0.15) is 0 Å². The highest BCUT2D eigenvalue weighted by molar-refractivity contribution is 5.94. The molecule has 0 saturated carbocycles. The summed E-state index contributed by atoms with van der Waals surface area (Å²) in [5, 5.41) is 9.46. The van der Waals surface area contributed by atoms with E-state index in [2.05, 4.69) is 20.9 Å². The second kappa shape index (κ2) is 10.6. The average molecular weight is 334 g/mol. The number of methoxy groups -OCH3 is 1. The second-order valence-electron chi connectivity index (χ2n) is 5.91. The van der Waals surface area contributed by atoms with Crippen molar-refractivity contribution < 1.29 is 9.53 Å². The fraction of sp³-hybridized carbons (Fsp3) is 0.556. The molecule has 2 atom stereocenters. The van der Waals surface area contributed by atoms with E-state index in [0.717, 1.165) is 17.9 Å². The lowest BCUT2D eigenvalue weighted by atomic mass is 10.1. The van der Waals surface area contributed by atoms with Crippen molar-refractivity contribution in [3.8, 4) is 0 Å². The average Bonchev–Trinajstić information content (AvgIpc) is 2.59. The van der Waals surface area contributed by atoms with E-state index in [-0.39, 0.29) is 18.0 Å². The first-order chi connectivity index (χ1) is 11.5.